The number of methoxy groups -OCH3 is 1. The van der Waals surface area contributed by atoms with Crippen LogP contribution in [0.25, 0.3) is 0 Å². The fourth-order valence-corrected chi connectivity index (χ4v) is 2.84. The summed E-state index contributed by atoms with van der Waals surface area (Å²) in [6.45, 7) is 2.13. The summed E-state index contributed by atoms with van der Waals surface area (Å²) < 4.78 is 24.0. The van der Waals surface area contributed by atoms with E-state index in [-0.39, 0.29) is 22.7 Å². The van der Waals surface area contributed by atoms with Gasteiger partial charge in [-0.25, -0.2) is 4.39 Å². The molecular weight excluding hydrogens is 357 g/mol. The number of hydrogen-bond donors (Lipinski definition) is 1. The van der Waals surface area contributed by atoms with Gasteiger partial charge in [-0.3, -0.25) is 14.9 Å². The van der Waals surface area contributed by atoms with Gasteiger partial charge in [-0.15, -0.1) is 0 Å². The second-order valence-electron chi connectivity index (χ2n) is 5.86. The molecule has 0 atom stereocenters. The molecule has 27 heavy (non-hydrogen) atoms. The highest BCUT2D eigenvalue weighted by Gasteiger charge is 2.22. The third-order valence-corrected chi connectivity index (χ3v) is 4.20. The first-order valence-electron chi connectivity index (χ1n) is 8.25. The molecule has 0 radical (unpaired) electrons. The number of nitrogens with one attached hydrogen (secondary N) is 1. The average molecular weight is 375 g/mol. The highest BCUT2D eigenvalue weighted by molar-refractivity contribution is 6.08. The lowest BCUT2D eigenvalue weighted by molar-refractivity contribution is -0.384. The van der Waals surface area contributed by atoms with Crippen molar-refractivity contribution in [3.63, 3.8) is 0 Å². The Labute approximate surface area is 154 Å². The molecule has 1 heterocycles. The molecule has 2 aromatic rings. The number of carbonyl (C=O) groups is 1. The molecule has 3 rings (SSSR count). The fraction of sp³-hybridized carbons (Fsp3) is 0.278. The third kappa shape index (κ3) is 4.14. The van der Waals surface area contributed by atoms with E-state index in [2.05, 4.69) is 5.32 Å². The SMILES string of the molecule is COc1ccc(NC(=O)c2cc([N+](=O)[O-])ccc2N2CCOCC2)cc1F. The van der Waals surface area contributed by atoms with Crippen LogP contribution in [0.15, 0.2) is 36.4 Å². The van der Waals surface area contributed by atoms with Gasteiger partial charge in [0, 0.05) is 37.0 Å². The molecule has 0 aliphatic carbocycles. The maximum Gasteiger partial charge on any atom is 0.270 e. The number of anilines is 2. The van der Waals surface area contributed by atoms with Crippen molar-refractivity contribution in [2.75, 3.05) is 43.6 Å². The normalized spacial score (nSPS) is 13.9. The predicted octanol–water partition coefficient (Wildman–Crippen LogP) is 2.83. The Hall–Kier alpha value is -3.20. The molecule has 1 fully saturated rings. The molecule has 142 valence electrons. The van der Waals surface area contributed by atoms with Crippen LogP contribution in [-0.2, 0) is 4.74 Å². The molecule has 2 aromatic carbocycles. The molecule has 8 nitrogen and oxygen atoms in total. The van der Waals surface area contributed by atoms with Crippen molar-refractivity contribution in [2.45, 2.75) is 0 Å². The summed E-state index contributed by atoms with van der Waals surface area (Å²) in [5.41, 5.74) is 0.730. The van der Waals surface area contributed by atoms with Gasteiger partial charge in [0.1, 0.15) is 0 Å². The van der Waals surface area contributed by atoms with Gasteiger partial charge < -0.3 is 19.7 Å². The smallest absolute Gasteiger partial charge is 0.270 e. The van der Waals surface area contributed by atoms with E-state index in [9.17, 15) is 19.3 Å². The van der Waals surface area contributed by atoms with E-state index in [1.807, 2.05) is 4.90 Å². The van der Waals surface area contributed by atoms with Crippen molar-refractivity contribution in [3.05, 3.63) is 57.9 Å². The fourth-order valence-electron chi connectivity index (χ4n) is 2.84. The van der Waals surface area contributed by atoms with Gasteiger partial charge in [0.2, 0.25) is 0 Å². The maximum absolute atomic E-state index is 13.9. The van der Waals surface area contributed by atoms with Gasteiger partial charge in [0.15, 0.2) is 11.6 Å². The van der Waals surface area contributed by atoms with Gasteiger partial charge in [-0.1, -0.05) is 0 Å². The van der Waals surface area contributed by atoms with Crippen molar-refractivity contribution >= 4 is 23.0 Å². The summed E-state index contributed by atoms with van der Waals surface area (Å²) in [6, 6.07) is 8.14. The summed E-state index contributed by atoms with van der Waals surface area (Å²) in [6.07, 6.45) is 0. The van der Waals surface area contributed by atoms with E-state index in [1.165, 1.54) is 31.4 Å². The highest BCUT2D eigenvalue weighted by atomic mass is 19.1. The Balaban J connectivity index is 1.92. The van der Waals surface area contributed by atoms with Crippen molar-refractivity contribution in [1.82, 2.24) is 0 Å². The number of benzene rings is 2. The van der Waals surface area contributed by atoms with Crippen LogP contribution in [0.1, 0.15) is 10.4 Å². The number of ether oxygens (including phenoxy) is 2. The zero-order valence-electron chi connectivity index (χ0n) is 14.6. The number of amides is 1. The van der Waals surface area contributed by atoms with Crippen molar-refractivity contribution in [2.24, 2.45) is 0 Å². The Bertz CT molecular complexity index is 868. The standard InChI is InChI=1S/C18H18FN3O5/c1-26-17-5-2-12(10-15(17)19)20-18(23)14-11-13(22(24)25)3-4-16(14)21-6-8-27-9-7-21/h2-5,10-11H,6-9H2,1H3,(H,20,23). The number of nitrogens with zero attached hydrogens (tertiary/aromatic N) is 2. The van der Waals surface area contributed by atoms with E-state index in [1.54, 1.807) is 6.07 Å². The number of hydrogen-bond acceptors (Lipinski definition) is 6. The van der Waals surface area contributed by atoms with E-state index >= 15 is 0 Å². The topological polar surface area (TPSA) is 93.9 Å². The number of morpholine rings is 1. The summed E-state index contributed by atoms with van der Waals surface area (Å²) in [5, 5.41) is 13.7. The first-order chi connectivity index (χ1) is 13.0. The van der Waals surface area contributed by atoms with Gasteiger partial charge in [0.05, 0.1) is 36.5 Å². The van der Waals surface area contributed by atoms with E-state index in [0.717, 1.165) is 6.07 Å². The van der Waals surface area contributed by atoms with Crippen LogP contribution in [0.2, 0.25) is 0 Å². The van der Waals surface area contributed by atoms with Gasteiger partial charge in [0.25, 0.3) is 11.6 Å². The Morgan fingerprint density at radius 1 is 1.26 bits per heavy atom. The Morgan fingerprint density at radius 3 is 2.63 bits per heavy atom. The van der Waals surface area contributed by atoms with E-state index < -0.39 is 16.6 Å². The van der Waals surface area contributed by atoms with Crippen molar-refractivity contribution in [3.8, 4) is 5.75 Å². The molecule has 1 saturated heterocycles. The van der Waals surface area contributed by atoms with Crippen LogP contribution in [0.4, 0.5) is 21.5 Å². The molecule has 9 heteroatoms. The Morgan fingerprint density at radius 2 is 2.00 bits per heavy atom. The minimum atomic E-state index is -0.622. The van der Waals surface area contributed by atoms with Crippen LogP contribution in [0.5, 0.6) is 5.75 Å². The number of non-ortho nitro benzene ring substituents is 1. The average Bonchev–Trinajstić information content (AvgIpc) is 2.68. The predicted molar refractivity (Wildman–Crippen MR) is 97.0 cm³/mol. The number of rotatable bonds is 5. The zero-order chi connectivity index (χ0) is 19.4. The van der Waals surface area contributed by atoms with Gasteiger partial charge in [-0.2, -0.15) is 0 Å². The van der Waals surface area contributed by atoms with Crippen LogP contribution < -0.4 is 15.0 Å². The molecule has 1 amide bonds. The summed E-state index contributed by atoms with van der Waals surface area (Å²) in [7, 11) is 1.34. The van der Waals surface area contributed by atoms with Gasteiger partial charge >= 0.3 is 0 Å². The monoisotopic (exact) mass is 375 g/mol. The maximum atomic E-state index is 13.9. The first-order valence-corrected chi connectivity index (χ1v) is 8.25. The third-order valence-electron chi connectivity index (χ3n) is 4.20. The molecule has 1 aliphatic heterocycles. The molecule has 0 aromatic heterocycles. The van der Waals surface area contributed by atoms with Crippen molar-refractivity contribution < 1.29 is 23.6 Å². The number of halogens is 1. The van der Waals surface area contributed by atoms with Gasteiger partial charge in [-0.05, 0) is 18.2 Å². The number of nitro groups is 1. The summed E-state index contributed by atoms with van der Waals surface area (Å²) in [4.78, 5) is 25.3. The Kier molecular flexibility index (Phi) is 5.51. The van der Waals surface area contributed by atoms with Crippen LogP contribution >= 0.6 is 0 Å². The number of carbonyl (C=O) groups excluding carboxylic acids is 1. The quantitative estimate of drug-likeness (QED) is 0.638. The second kappa shape index (κ2) is 8.00. The minimum Gasteiger partial charge on any atom is -0.494 e. The molecular formula is C18H18FN3O5. The molecule has 0 bridgehead atoms. The lowest BCUT2D eigenvalue weighted by atomic mass is 10.1. The van der Waals surface area contributed by atoms with Crippen molar-refractivity contribution in [1.29, 1.82) is 0 Å². The first kappa shape index (κ1) is 18.6. The molecule has 0 saturated carbocycles. The van der Waals surface area contributed by atoms with Crippen LogP contribution in [-0.4, -0.2) is 44.2 Å². The lowest BCUT2D eigenvalue weighted by Gasteiger charge is -2.30. The molecule has 0 unspecified atom stereocenters. The second-order valence-corrected chi connectivity index (χ2v) is 5.86. The minimum absolute atomic E-state index is 0.0531. The molecule has 1 aliphatic rings. The van der Waals surface area contributed by atoms with Crippen LogP contribution in [0, 0.1) is 15.9 Å². The largest absolute Gasteiger partial charge is 0.494 e. The van der Waals surface area contributed by atoms with E-state index in [4.69, 9.17) is 9.47 Å². The van der Waals surface area contributed by atoms with E-state index in [0.29, 0.717) is 32.0 Å². The number of nitro benzene ring substituents is 1. The zero-order valence-corrected chi connectivity index (χ0v) is 14.6. The lowest BCUT2D eigenvalue weighted by Crippen LogP contribution is -2.37. The van der Waals surface area contributed by atoms with Crippen LogP contribution in [0.3, 0.4) is 0 Å². The summed E-state index contributed by atoms with van der Waals surface area (Å²) >= 11 is 0. The summed E-state index contributed by atoms with van der Waals surface area (Å²) in [5.74, 6) is -1.13. The molecule has 1 N–H and O–H groups in total. The highest BCUT2D eigenvalue weighted by Crippen LogP contribution is 2.28. The molecule has 0 spiro atoms.